The maximum Gasteiger partial charge on any atom is 0.433 e. The fraction of sp³-hybridized carbons (Fsp3) is 0.222. The predicted molar refractivity (Wildman–Crippen MR) is 42.7 cm³/mol. The Kier molecular flexibility index (Phi) is 1.83. The maximum atomic E-state index is 13.0. The van der Waals surface area contributed by atoms with Crippen LogP contribution in [0, 0.1) is 5.82 Å². The van der Waals surface area contributed by atoms with Gasteiger partial charge < -0.3 is 0 Å². The molecular weight excluding hydrogens is 198 g/mol. The van der Waals surface area contributed by atoms with E-state index in [9.17, 15) is 17.6 Å². The zero-order valence-electron chi connectivity index (χ0n) is 6.90. The smallest absolute Gasteiger partial charge is 0.275 e. The van der Waals surface area contributed by atoms with Crippen molar-refractivity contribution in [2.45, 2.75) is 12.7 Å². The van der Waals surface area contributed by atoms with Crippen LogP contribution >= 0.6 is 0 Å². The first kappa shape index (κ1) is 9.18. The van der Waals surface area contributed by atoms with Crippen molar-refractivity contribution >= 4 is 5.71 Å². The predicted octanol–water partition coefficient (Wildman–Crippen LogP) is 2.69. The van der Waals surface area contributed by atoms with E-state index < -0.39 is 17.7 Å². The Morgan fingerprint density at radius 3 is 2.57 bits per heavy atom. The summed E-state index contributed by atoms with van der Waals surface area (Å²) in [6.45, 7) is -0.225. The maximum absolute atomic E-state index is 13.0. The lowest BCUT2D eigenvalue weighted by atomic mass is 10.1. The number of fused-ring (bicyclic) bond motifs is 1. The molecule has 0 radical (unpaired) electrons. The summed E-state index contributed by atoms with van der Waals surface area (Å²) in [7, 11) is 0. The monoisotopic (exact) mass is 203 g/mol. The first-order valence-electron chi connectivity index (χ1n) is 3.89. The van der Waals surface area contributed by atoms with E-state index >= 15 is 0 Å². The average Bonchev–Trinajstić information content (AvgIpc) is 2.47. The van der Waals surface area contributed by atoms with E-state index in [-0.39, 0.29) is 17.7 Å². The van der Waals surface area contributed by atoms with Gasteiger partial charge in [0.25, 0.3) is 0 Å². The third-order valence-electron chi connectivity index (χ3n) is 2.04. The van der Waals surface area contributed by atoms with Gasteiger partial charge >= 0.3 is 6.18 Å². The summed E-state index contributed by atoms with van der Waals surface area (Å²) >= 11 is 0. The molecule has 0 saturated carbocycles. The molecule has 0 bridgehead atoms. The van der Waals surface area contributed by atoms with Crippen LogP contribution in [0.15, 0.2) is 23.2 Å². The van der Waals surface area contributed by atoms with Crippen LogP contribution in [0.5, 0.6) is 0 Å². The molecule has 1 aliphatic heterocycles. The molecule has 0 fully saturated rings. The van der Waals surface area contributed by atoms with Gasteiger partial charge in [0.1, 0.15) is 11.5 Å². The quantitative estimate of drug-likeness (QED) is 0.575. The van der Waals surface area contributed by atoms with Gasteiger partial charge in [-0.3, -0.25) is 4.99 Å². The van der Waals surface area contributed by atoms with Crippen molar-refractivity contribution in [3.63, 3.8) is 0 Å². The van der Waals surface area contributed by atoms with Gasteiger partial charge in [-0.05, 0) is 6.07 Å². The highest BCUT2D eigenvalue weighted by Gasteiger charge is 2.40. The molecule has 1 aromatic carbocycles. The Morgan fingerprint density at radius 1 is 1.21 bits per heavy atom. The van der Waals surface area contributed by atoms with E-state index in [1.54, 1.807) is 0 Å². The molecule has 0 spiro atoms. The van der Waals surface area contributed by atoms with Gasteiger partial charge in [0.15, 0.2) is 0 Å². The number of hydrogen-bond acceptors (Lipinski definition) is 1. The van der Waals surface area contributed by atoms with Crippen LogP contribution in [-0.4, -0.2) is 11.9 Å². The number of aliphatic imine (C=N–C) groups is 1. The number of halogens is 4. The molecule has 1 aromatic rings. The molecule has 74 valence electrons. The zero-order valence-corrected chi connectivity index (χ0v) is 6.90. The minimum Gasteiger partial charge on any atom is -0.275 e. The van der Waals surface area contributed by atoms with Gasteiger partial charge in [-0.2, -0.15) is 13.2 Å². The molecule has 5 heteroatoms. The molecule has 0 aromatic heterocycles. The van der Waals surface area contributed by atoms with E-state index in [2.05, 4.69) is 4.99 Å². The van der Waals surface area contributed by atoms with Gasteiger partial charge in [0.05, 0.1) is 6.54 Å². The number of nitrogens with zero attached hydrogens (tertiary/aromatic N) is 1. The topological polar surface area (TPSA) is 12.4 Å². The molecule has 0 N–H and O–H groups in total. The second-order valence-electron chi connectivity index (χ2n) is 2.93. The molecule has 1 nitrogen and oxygen atoms in total. The fourth-order valence-corrected chi connectivity index (χ4v) is 1.43. The summed E-state index contributed by atoms with van der Waals surface area (Å²) in [6.07, 6.45) is -4.50. The number of hydrogen-bond donors (Lipinski definition) is 0. The van der Waals surface area contributed by atoms with E-state index in [0.29, 0.717) is 0 Å². The van der Waals surface area contributed by atoms with Crippen LogP contribution in [0.3, 0.4) is 0 Å². The number of rotatable bonds is 0. The van der Waals surface area contributed by atoms with Crippen molar-refractivity contribution in [3.8, 4) is 0 Å². The van der Waals surface area contributed by atoms with Gasteiger partial charge in [0.2, 0.25) is 0 Å². The molecule has 2 rings (SSSR count). The van der Waals surface area contributed by atoms with Gasteiger partial charge in [-0.1, -0.05) is 12.1 Å². The molecule has 0 atom stereocenters. The summed E-state index contributed by atoms with van der Waals surface area (Å²) < 4.78 is 50.0. The fourth-order valence-electron chi connectivity index (χ4n) is 1.43. The molecule has 1 aliphatic rings. The normalized spacial score (nSPS) is 15.3. The van der Waals surface area contributed by atoms with Gasteiger partial charge in [0, 0.05) is 11.1 Å². The van der Waals surface area contributed by atoms with Crippen molar-refractivity contribution < 1.29 is 17.6 Å². The highest BCUT2D eigenvalue weighted by Crippen LogP contribution is 2.30. The summed E-state index contributed by atoms with van der Waals surface area (Å²) in [5.74, 6) is -0.634. The molecule has 14 heavy (non-hydrogen) atoms. The van der Waals surface area contributed by atoms with Crippen LogP contribution in [0.4, 0.5) is 17.6 Å². The lowest BCUT2D eigenvalue weighted by Crippen LogP contribution is -2.22. The summed E-state index contributed by atoms with van der Waals surface area (Å²) in [5, 5.41) is 0. The lowest BCUT2D eigenvalue weighted by Gasteiger charge is -2.07. The Morgan fingerprint density at radius 2 is 1.93 bits per heavy atom. The Balaban J connectivity index is 2.53. The molecule has 1 heterocycles. The first-order valence-corrected chi connectivity index (χ1v) is 3.89. The van der Waals surface area contributed by atoms with Crippen LogP contribution < -0.4 is 0 Å². The van der Waals surface area contributed by atoms with E-state index in [1.165, 1.54) is 12.1 Å². The second-order valence-corrected chi connectivity index (χ2v) is 2.93. The largest absolute Gasteiger partial charge is 0.433 e. The highest BCUT2D eigenvalue weighted by molar-refractivity contribution is 6.07. The first-order chi connectivity index (χ1) is 6.50. The van der Waals surface area contributed by atoms with Crippen molar-refractivity contribution in [2.24, 2.45) is 4.99 Å². The van der Waals surface area contributed by atoms with Crippen LogP contribution in [0.25, 0.3) is 0 Å². The summed E-state index contributed by atoms with van der Waals surface area (Å²) in [4.78, 5) is 3.29. The number of benzene rings is 1. The third-order valence-corrected chi connectivity index (χ3v) is 2.04. The third kappa shape index (κ3) is 1.29. The average molecular weight is 203 g/mol. The molecular formula is C9H5F4N. The van der Waals surface area contributed by atoms with Crippen molar-refractivity contribution in [1.29, 1.82) is 0 Å². The Hall–Kier alpha value is -1.39. The Labute approximate surface area is 77.1 Å². The molecule has 0 unspecified atom stereocenters. The lowest BCUT2D eigenvalue weighted by molar-refractivity contribution is -0.0579. The standard InChI is InChI=1S/C9H5F4N/c10-7-3-1-2-5-6(7)4-14-8(5)9(11,12)13/h1-3H,4H2. The van der Waals surface area contributed by atoms with Gasteiger partial charge in [-0.15, -0.1) is 0 Å². The molecule has 0 amide bonds. The molecule has 0 aliphatic carbocycles. The summed E-state index contributed by atoms with van der Waals surface area (Å²) in [5.41, 5.74) is -1.09. The summed E-state index contributed by atoms with van der Waals surface area (Å²) in [6, 6.07) is 3.62. The second kappa shape index (κ2) is 2.80. The van der Waals surface area contributed by atoms with E-state index in [4.69, 9.17) is 0 Å². The molecule has 0 saturated heterocycles. The van der Waals surface area contributed by atoms with Crippen molar-refractivity contribution in [3.05, 3.63) is 35.1 Å². The Bertz CT molecular complexity index is 406. The SMILES string of the molecule is Fc1cccc2c1CN=C2C(F)(F)F. The highest BCUT2D eigenvalue weighted by atomic mass is 19.4. The van der Waals surface area contributed by atoms with E-state index in [0.717, 1.165) is 6.07 Å². The zero-order chi connectivity index (χ0) is 10.3. The van der Waals surface area contributed by atoms with Crippen LogP contribution in [0.2, 0.25) is 0 Å². The van der Waals surface area contributed by atoms with Crippen LogP contribution in [0.1, 0.15) is 11.1 Å². The van der Waals surface area contributed by atoms with Crippen molar-refractivity contribution in [2.75, 3.05) is 0 Å². The van der Waals surface area contributed by atoms with Crippen LogP contribution in [-0.2, 0) is 6.54 Å². The van der Waals surface area contributed by atoms with Crippen molar-refractivity contribution in [1.82, 2.24) is 0 Å². The van der Waals surface area contributed by atoms with E-state index in [1.807, 2.05) is 0 Å². The number of alkyl halides is 3. The minimum absolute atomic E-state index is 0.0276. The van der Waals surface area contributed by atoms with Gasteiger partial charge in [-0.25, -0.2) is 4.39 Å². The minimum atomic E-state index is -4.50.